The molecule has 100 valence electrons. The maximum absolute atomic E-state index is 11.8. The first-order valence-electron chi connectivity index (χ1n) is 5.97. The third-order valence-corrected chi connectivity index (χ3v) is 2.75. The van der Waals surface area contributed by atoms with Gasteiger partial charge in [0.2, 0.25) is 0 Å². The highest BCUT2D eigenvalue weighted by molar-refractivity contribution is 6.11. The smallest absolute Gasteiger partial charge is 0.363 e. The number of carbonyl (C=O) groups excluding carboxylic acids is 1. The highest BCUT2D eigenvalue weighted by atomic mass is 16.6. The van der Waals surface area contributed by atoms with Crippen LogP contribution in [0.5, 0.6) is 5.75 Å². The normalized spacial score (nSPS) is 16.1. The van der Waals surface area contributed by atoms with Gasteiger partial charge in [0.05, 0.1) is 13.4 Å². The number of hydrogen-bond acceptors (Lipinski definition) is 5. The Morgan fingerprint density at radius 3 is 2.90 bits per heavy atom. The van der Waals surface area contributed by atoms with E-state index in [0.29, 0.717) is 11.5 Å². The van der Waals surface area contributed by atoms with Crippen molar-refractivity contribution < 1.29 is 18.7 Å². The van der Waals surface area contributed by atoms with Crippen LogP contribution < -0.4 is 4.74 Å². The molecule has 1 aromatic heterocycles. The molecule has 2 heterocycles. The Bertz CT molecular complexity index is 698. The van der Waals surface area contributed by atoms with E-state index >= 15 is 0 Å². The van der Waals surface area contributed by atoms with E-state index in [2.05, 4.69) is 4.99 Å². The Kier molecular flexibility index (Phi) is 3.09. The number of hydrogen-bond donors (Lipinski definition) is 0. The summed E-state index contributed by atoms with van der Waals surface area (Å²) in [7, 11) is 1.59. The molecule has 1 aliphatic rings. The van der Waals surface area contributed by atoms with Crippen molar-refractivity contribution in [2.45, 2.75) is 0 Å². The van der Waals surface area contributed by atoms with Crippen LogP contribution in [0.4, 0.5) is 0 Å². The first-order chi connectivity index (χ1) is 9.76. The van der Waals surface area contributed by atoms with Crippen LogP contribution >= 0.6 is 0 Å². The third-order valence-electron chi connectivity index (χ3n) is 2.75. The molecule has 0 bridgehead atoms. The SMILES string of the molecule is COc1cccc(/C=C2\N=C(c3ccco3)OC2=O)c1. The topological polar surface area (TPSA) is 61.0 Å². The molecule has 5 heteroatoms. The van der Waals surface area contributed by atoms with Crippen LogP contribution in [-0.4, -0.2) is 19.0 Å². The molecule has 0 fully saturated rings. The summed E-state index contributed by atoms with van der Waals surface area (Å²) in [5.41, 5.74) is 1.03. The van der Waals surface area contributed by atoms with Crippen molar-refractivity contribution in [3.63, 3.8) is 0 Å². The van der Waals surface area contributed by atoms with Gasteiger partial charge >= 0.3 is 5.97 Å². The Labute approximate surface area is 115 Å². The van der Waals surface area contributed by atoms with Gasteiger partial charge in [-0.2, -0.15) is 0 Å². The summed E-state index contributed by atoms with van der Waals surface area (Å²) >= 11 is 0. The van der Waals surface area contributed by atoms with Crippen LogP contribution in [0.2, 0.25) is 0 Å². The maximum atomic E-state index is 11.8. The highest BCUT2D eigenvalue weighted by Gasteiger charge is 2.25. The van der Waals surface area contributed by atoms with Gasteiger partial charge in [-0.25, -0.2) is 9.79 Å². The summed E-state index contributed by atoms with van der Waals surface area (Å²) in [5.74, 6) is 0.807. The van der Waals surface area contributed by atoms with Gasteiger partial charge in [0.15, 0.2) is 11.5 Å². The summed E-state index contributed by atoms with van der Waals surface area (Å²) in [5, 5.41) is 0. The van der Waals surface area contributed by atoms with E-state index in [-0.39, 0.29) is 11.6 Å². The number of ether oxygens (including phenoxy) is 2. The first-order valence-corrected chi connectivity index (χ1v) is 5.97. The summed E-state index contributed by atoms with van der Waals surface area (Å²) in [6, 6.07) is 10.7. The predicted molar refractivity (Wildman–Crippen MR) is 72.3 cm³/mol. The summed E-state index contributed by atoms with van der Waals surface area (Å²) in [6.07, 6.45) is 3.14. The number of esters is 1. The molecule has 0 aliphatic carbocycles. The first kappa shape index (κ1) is 12.2. The zero-order valence-corrected chi connectivity index (χ0v) is 10.7. The quantitative estimate of drug-likeness (QED) is 0.634. The maximum Gasteiger partial charge on any atom is 0.363 e. The fourth-order valence-electron chi connectivity index (χ4n) is 1.80. The zero-order valence-electron chi connectivity index (χ0n) is 10.7. The van der Waals surface area contributed by atoms with Crippen molar-refractivity contribution >= 4 is 17.9 Å². The molecule has 20 heavy (non-hydrogen) atoms. The second kappa shape index (κ2) is 5.05. The number of benzene rings is 1. The van der Waals surface area contributed by atoms with E-state index in [4.69, 9.17) is 13.9 Å². The van der Waals surface area contributed by atoms with Gasteiger partial charge in [-0.15, -0.1) is 0 Å². The molecule has 0 saturated carbocycles. The summed E-state index contributed by atoms with van der Waals surface area (Å²) in [4.78, 5) is 15.9. The molecule has 0 unspecified atom stereocenters. The Morgan fingerprint density at radius 1 is 1.25 bits per heavy atom. The van der Waals surface area contributed by atoms with Crippen LogP contribution in [0.1, 0.15) is 11.3 Å². The molecule has 0 N–H and O–H groups in total. The van der Waals surface area contributed by atoms with Crippen LogP contribution in [0, 0.1) is 0 Å². The summed E-state index contributed by atoms with van der Waals surface area (Å²) in [6.45, 7) is 0. The molecule has 0 radical (unpaired) electrons. The van der Waals surface area contributed by atoms with Gasteiger partial charge in [0.25, 0.3) is 5.90 Å². The van der Waals surface area contributed by atoms with Gasteiger partial charge in [-0.3, -0.25) is 0 Å². The number of rotatable bonds is 3. The lowest BCUT2D eigenvalue weighted by Gasteiger charge is -2.00. The standard InChI is InChI=1S/C15H11NO4/c1-18-11-5-2-4-10(8-11)9-12-15(17)20-14(16-12)13-6-3-7-19-13/h2-9H,1H3/b12-9-. The summed E-state index contributed by atoms with van der Waals surface area (Å²) < 4.78 is 15.3. The number of nitrogens with zero attached hydrogens (tertiary/aromatic N) is 1. The second-order valence-electron chi connectivity index (χ2n) is 4.09. The molecule has 1 aromatic carbocycles. The van der Waals surface area contributed by atoms with Crippen LogP contribution in [-0.2, 0) is 9.53 Å². The third kappa shape index (κ3) is 2.33. The molecule has 0 atom stereocenters. The molecule has 3 rings (SSSR count). The average molecular weight is 269 g/mol. The minimum Gasteiger partial charge on any atom is -0.497 e. The second-order valence-corrected chi connectivity index (χ2v) is 4.09. The van der Waals surface area contributed by atoms with Crippen molar-refractivity contribution in [3.8, 4) is 5.75 Å². The lowest BCUT2D eigenvalue weighted by Crippen LogP contribution is -2.04. The van der Waals surface area contributed by atoms with Crippen LogP contribution in [0.15, 0.2) is 57.8 Å². The lowest BCUT2D eigenvalue weighted by molar-refractivity contribution is -0.130. The van der Waals surface area contributed by atoms with Crippen molar-refractivity contribution in [3.05, 3.63) is 59.7 Å². The molecule has 1 aliphatic heterocycles. The molecular weight excluding hydrogens is 258 g/mol. The van der Waals surface area contributed by atoms with E-state index in [9.17, 15) is 4.79 Å². The van der Waals surface area contributed by atoms with Crippen molar-refractivity contribution in [2.24, 2.45) is 4.99 Å². The van der Waals surface area contributed by atoms with Crippen LogP contribution in [0.3, 0.4) is 0 Å². The fraction of sp³-hybridized carbons (Fsp3) is 0.0667. The number of cyclic esters (lactones) is 1. The van der Waals surface area contributed by atoms with Gasteiger partial charge in [0.1, 0.15) is 5.75 Å². The Morgan fingerprint density at radius 2 is 2.15 bits per heavy atom. The highest BCUT2D eigenvalue weighted by Crippen LogP contribution is 2.21. The molecular formula is C15H11NO4. The van der Waals surface area contributed by atoms with E-state index < -0.39 is 5.97 Å². The molecule has 2 aromatic rings. The van der Waals surface area contributed by atoms with E-state index in [1.54, 1.807) is 31.4 Å². The number of furan rings is 1. The van der Waals surface area contributed by atoms with Gasteiger partial charge in [0, 0.05) is 0 Å². The molecule has 0 spiro atoms. The number of carbonyl (C=O) groups is 1. The largest absolute Gasteiger partial charge is 0.497 e. The average Bonchev–Trinajstić information content (AvgIpc) is 3.10. The van der Waals surface area contributed by atoms with Crippen LogP contribution in [0.25, 0.3) is 6.08 Å². The van der Waals surface area contributed by atoms with Gasteiger partial charge in [-0.05, 0) is 35.9 Å². The van der Waals surface area contributed by atoms with E-state index in [1.807, 2.05) is 18.2 Å². The minimum absolute atomic E-state index is 0.175. The zero-order chi connectivity index (χ0) is 13.9. The minimum atomic E-state index is -0.501. The van der Waals surface area contributed by atoms with E-state index in [1.165, 1.54) is 6.26 Å². The Hall–Kier alpha value is -2.82. The fourth-order valence-corrected chi connectivity index (χ4v) is 1.80. The Balaban J connectivity index is 1.93. The van der Waals surface area contributed by atoms with Crippen molar-refractivity contribution in [1.29, 1.82) is 0 Å². The van der Waals surface area contributed by atoms with Gasteiger partial charge in [-0.1, -0.05) is 12.1 Å². The monoisotopic (exact) mass is 269 g/mol. The van der Waals surface area contributed by atoms with Crippen molar-refractivity contribution in [2.75, 3.05) is 7.11 Å². The van der Waals surface area contributed by atoms with E-state index in [0.717, 1.165) is 5.56 Å². The van der Waals surface area contributed by atoms with Gasteiger partial charge < -0.3 is 13.9 Å². The number of aliphatic imine (C=N–C) groups is 1. The number of methoxy groups -OCH3 is 1. The lowest BCUT2D eigenvalue weighted by atomic mass is 10.2. The molecule has 5 nitrogen and oxygen atoms in total. The molecule has 0 saturated heterocycles. The predicted octanol–water partition coefficient (Wildman–Crippen LogP) is 2.63. The molecule has 0 amide bonds. The van der Waals surface area contributed by atoms with Crippen molar-refractivity contribution in [1.82, 2.24) is 0 Å².